The molecule has 2 aromatic rings. The highest BCUT2D eigenvalue weighted by molar-refractivity contribution is 6.31. The van der Waals surface area contributed by atoms with E-state index in [1.165, 1.54) is 16.7 Å². The molecule has 0 radical (unpaired) electrons. The largest absolute Gasteiger partial charge is 0.324 e. The van der Waals surface area contributed by atoms with E-state index in [1.807, 2.05) is 24.3 Å². The Labute approximate surface area is 162 Å². The van der Waals surface area contributed by atoms with Gasteiger partial charge in [-0.15, -0.1) is 12.4 Å². The van der Waals surface area contributed by atoms with Crippen molar-refractivity contribution in [1.82, 2.24) is 5.32 Å². The monoisotopic (exact) mass is 394 g/mol. The van der Waals surface area contributed by atoms with Crippen molar-refractivity contribution < 1.29 is 4.79 Å². The maximum absolute atomic E-state index is 12.8. The van der Waals surface area contributed by atoms with Crippen LogP contribution in [0.25, 0.3) is 5.57 Å². The molecule has 2 aliphatic rings. The van der Waals surface area contributed by atoms with Gasteiger partial charge in [-0.1, -0.05) is 35.3 Å². The summed E-state index contributed by atoms with van der Waals surface area (Å²) in [5.74, 6) is -0.0524. The van der Waals surface area contributed by atoms with Crippen molar-refractivity contribution in [2.75, 3.05) is 11.9 Å². The average molecular weight is 396 g/mol. The average Bonchev–Trinajstić information content (AvgIpc) is 2.92. The lowest BCUT2D eigenvalue weighted by Crippen LogP contribution is -2.45. The van der Waals surface area contributed by atoms with E-state index in [0.717, 1.165) is 30.0 Å². The van der Waals surface area contributed by atoms with Crippen molar-refractivity contribution in [1.29, 1.82) is 0 Å². The number of halogens is 3. The maximum atomic E-state index is 12.8. The molecular formula is C19H17Cl3N2O. The zero-order valence-electron chi connectivity index (χ0n) is 13.3. The summed E-state index contributed by atoms with van der Waals surface area (Å²) in [6.45, 7) is 0.776. The Morgan fingerprint density at radius 2 is 1.92 bits per heavy atom. The van der Waals surface area contributed by atoms with Crippen molar-refractivity contribution >= 4 is 52.8 Å². The standard InChI is InChI=1S/C19H16Cl2N2O.ClH/c20-12-2-1-3-14(9-12)23-19(24)18-17-8-11-4-5-13(21)10-16(11)15(17)6-7-22-18;/h1-5,9-10,18,22H,6-8H2,(H,23,24);1H. The van der Waals surface area contributed by atoms with Crippen LogP contribution >= 0.6 is 35.6 Å². The molecule has 0 bridgehead atoms. The molecule has 0 saturated carbocycles. The van der Waals surface area contributed by atoms with E-state index in [1.54, 1.807) is 12.1 Å². The second-order valence-corrected chi connectivity index (χ2v) is 6.99. The van der Waals surface area contributed by atoms with Crippen LogP contribution in [0, 0.1) is 0 Å². The first-order valence-corrected chi connectivity index (χ1v) is 8.68. The van der Waals surface area contributed by atoms with Gasteiger partial charge in [0.2, 0.25) is 5.91 Å². The summed E-state index contributed by atoms with van der Waals surface area (Å²) in [4.78, 5) is 12.8. The molecule has 4 rings (SSSR count). The molecule has 1 atom stereocenters. The van der Waals surface area contributed by atoms with Gasteiger partial charge in [0, 0.05) is 22.3 Å². The fourth-order valence-corrected chi connectivity index (χ4v) is 3.90. The van der Waals surface area contributed by atoms with Crippen LogP contribution in [0.3, 0.4) is 0 Å². The van der Waals surface area contributed by atoms with E-state index < -0.39 is 0 Å². The normalized spacial score (nSPS) is 18.2. The zero-order valence-corrected chi connectivity index (χ0v) is 15.6. The number of benzene rings is 2. The van der Waals surface area contributed by atoms with Crippen LogP contribution in [0.4, 0.5) is 5.69 Å². The van der Waals surface area contributed by atoms with Crippen LogP contribution in [0.1, 0.15) is 17.5 Å². The summed E-state index contributed by atoms with van der Waals surface area (Å²) in [7, 11) is 0. The molecule has 1 aliphatic carbocycles. The molecule has 0 fully saturated rings. The Kier molecular flexibility index (Phi) is 5.40. The van der Waals surface area contributed by atoms with Gasteiger partial charge in [0.25, 0.3) is 0 Å². The molecule has 1 heterocycles. The van der Waals surface area contributed by atoms with Gasteiger partial charge in [0.15, 0.2) is 0 Å². The first-order valence-electron chi connectivity index (χ1n) is 7.92. The molecule has 3 nitrogen and oxygen atoms in total. The van der Waals surface area contributed by atoms with E-state index in [9.17, 15) is 4.79 Å². The number of nitrogens with one attached hydrogen (secondary N) is 2. The van der Waals surface area contributed by atoms with Gasteiger partial charge >= 0.3 is 0 Å². The van der Waals surface area contributed by atoms with Gasteiger partial charge < -0.3 is 10.6 Å². The second kappa shape index (κ2) is 7.38. The minimum absolute atomic E-state index is 0. The molecule has 1 unspecified atom stereocenters. The fourth-order valence-electron chi connectivity index (χ4n) is 3.54. The van der Waals surface area contributed by atoms with Crippen molar-refractivity contribution in [3.63, 3.8) is 0 Å². The predicted octanol–water partition coefficient (Wildman–Crippen LogP) is 4.73. The van der Waals surface area contributed by atoms with Crippen LogP contribution < -0.4 is 10.6 Å². The lowest BCUT2D eigenvalue weighted by Gasteiger charge is -2.26. The number of hydrogen-bond acceptors (Lipinski definition) is 2. The number of amides is 1. The number of fused-ring (bicyclic) bond motifs is 2. The van der Waals surface area contributed by atoms with Crippen LogP contribution in [0.15, 0.2) is 48.0 Å². The minimum atomic E-state index is -0.320. The molecule has 25 heavy (non-hydrogen) atoms. The lowest BCUT2D eigenvalue weighted by atomic mass is 9.94. The summed E-state index contributed by atoms with van der Waals surface area (Å²) in [5.41, 5.74) is 5.56. The third-order valence-electron chi connectivity index (χ3n) is 4.59. The lowest BCUT2D eigenvalue weighted by molar-refractivity contribution is -0.117. The Bertz CT molecular complexity index is 863. The highest BCUT2D eigenvalue weighted by atomic mass is 35.5. The molecule has 130 valence electrons. The summed E-state index contributed by atoms with van der Waals surface area (Å²) in [6, 6.07) is 12.9. The highest BCUT2D eigenvalue weighted by Crippen LogP contribution is 2.39. The smallest absolute Gasteiger partial charge is 0.245 e. The maximum Gasteiger partial charge on any atom is 0.245 e. The van der Waals surface area contributed by atoms with Crippen molar-refractivity contribution in [2.24, 2.45) is 0 Å². The van der Waals surface area contributed by atoms with E-state index in [4.69, 9.17) is 23.2 Å². The molecule has 1 amide bonds. The van der Waals surface area contributed by atoms with Crippen molar-refractivity contribution in [3.05, 3.63) is 69.2 Å². The van der Waals surface area contributed by atoms with Crippen molar-refractivity contribution in [3.8, 4) is 0 Å². The van der Waals surface area contributed by atoms with Crippen LogP contribution in [0.5, 0.6) is 0 Å². The van der Waals surface area contributed by atoms with Gasteiger partial charge in [0.05, 0.1) is 0 Å². The first kappa shape index (κ1) is 18.3. The zero-order chi connectivity index (χ0) is 16.7. The van der Waals surface area contributed by atoms with Crippen LogP contribution in [0.2, 0.25) is 10.0 Å². The SMILES string of the molecule is Cl.O=C(Nc1cccc(Cl)c1)C1NCCC2=C1Cc1ccc(Cl)cc12. The predicted molar refractivity (Wildman–Crippen MR) is 106 cm³/mol. The molecule has 0 aromatic heterocycles. The topological polar surface area (TPSA) is 41.1 Å². The van der Waals surface area contributed by atoms with Crippen LogP contribution in [-0.2, 0) is 11.2 Å². The Hall–Kier alpha value is -1.52. The summed E-state index contributed by atoms with van der Waals surface area (Å²) >= 11 is 12.1. The first-order chi connectivity index (χ1) is 11.6. The highest BCUT2D eigenvalue weighted by Gasteiger charge is 2.33. The van der Waals surface area contributed by atoms with E-state index in [0.29, 0.717) is 10.7 Å². The molecular weight excluding hydrogens is 379 g/mol. The second-order valence-electron chi connectivity index (χ2n) is 6.12. The summed E-state index contributed by atoms with van der Waals surface area (Å²) in [6.07, 6.45) is 1.71. The van der Waals surface area contributed by atoms with Crippen LogP contribution in [-0.4, -0.2) is 18.5 Å². The molecule has 0 saturated heterocycles. The Morgan fingerprint density at radius 1 is 1.12 bits per heavy atom. The summed E-state index contributed by atoms with van der Waals surface area (Å²) < 4.78 is 0. The quantitative estimate of drug-likeness (QED) is 0.772. The molecule has 1 aliphatic heterocycles. The molecule has 2 aromatic carbocycles. The molecule has 6 heteroatoms. The molecule has 0 spiro atoms. The summed E-state index contributed by atoms with van der Waals surface area (Å²) in [5, 5.41) is 7.64. The van der Waals surface area contributed by atoms with Gasteiger partial charge in [-0.2, -0.15) is 0 Å². The van der Waals surface area contributed by atoms with Gasteiger partial charge in [-0.05, 0) is 65.4 Å². The number of hydrogen-bond donors (Lipinski definition) is 2. The van der Waals surface area contributed by atoms with E-state index in [-0.39, 0.29) is 24.4 Å². The van der Waals surface area contributed by atoms with Gasteiger partial charge in [-0.25, -0.2) is 0 Å². The van der Waals surface area contributed by atoms with Gasteiger partial charge in [0.1, 0.15) is 6.04 Å². The van der Waals surface area contributed by atoms with E-state index >= 15 is 0 Å². The number of anilines is 1. The van der Waals surface area contributed by atoms with E-state index in [2.05, 4.69) is 16.7 Å². The number of carbonyl (C=O) groups excluding carboxylic acids is 1. The fraction of sp³-hybridized carbons (Fsp3) is 0.211. The third kappa shape index (κ3) is 3.56. The Morgan fingerprint density at radius 3 is 2.72 bits per heavy atom. The number of carbonyl (C=O) groups is 1. The number of rotatable bonds is 2. The Balaban J connectivity index is 0.00000182. The third-order valence-corrected chi connectivity index (χ3v) is 5.06. The van der Waals surface area contributed by atoms with Crippen molar-refractivity contribution in [2.45, 2.75) is 18.9 Å². The minimum Gasteiger partial charge on any atom is -0.324 e. The van der Waals surface area contributed by atoms with Gasteiger partial charge in [-0.3, -0.25) is 4.79 Å². The molecule has 2 N–H and O–H groups in total.